The highest BCUT2D eigenvalue weighted by molar-refractivity contribution is 9.10. The summed E-state index contributed by atoms with van der Waals surface area (Å²) in [7, 11) is 0. The zero-order valence-electron chi connectivity index (χ0n) is 12.8. The molecular formula is C17H16BrN5. The lowest BCUT2D eigenvalue weighted by atomic mass is 10.1. The lowest BCUT2D eigenvalue weighted by Gasteiger charge is -2.09. The van der Waals surface area contributed by atoms with E-state index < -0.39 is 0 Å². The lowest BCUT2D eigenvalue weighted by molar-refractivity contribution is 0.982. The molecule has 0 atom stereocenters. The normalized spacial score (nSPS) is 10.4. The number of nitrogens with one attached hydrogen (secondary N) is 2. The summed E-state index contributed by atoms with van der Waals surface area (Å²) in [6.07, 6.45) is 1.59. The summed E-state index contributed by atoms with van der Waals surface area (Å²) >= 11 is 3.50. The monoisotopic (exact) mass is 369 g/mol. The molecule has 116 valence electrons. The number of hydrogen-bond donors (Lipinski definition) is 2. The first-order valence-corrected chi connectivity index (χ1v) is 7.96. The van der Waals surface area contributed by atoms with Gasteiger partial charge in [0, 0.05) is 10.2 Å². The Bertz CT molecular complexity index is 814. The fourth-order valence-corrected chi connectivity index (χ4v) is 2.68. The van der Waals surface area contributed by atoms with E-state index in [0.29, 0.717) is 11.8 Å². The molecular weight excluding hydrogens is 354 g/mol. The predicted molar refractivity (Wildman–Crippen MR) is 96.5 cm³/mol. The summed E-state index contributed by atoms with van der Waals surface area (Å²) in [4.78, 5) is 4.45. The van der Waals surface area contributed by atoms with E-state index in [4.69, 9.17) is 0 Å². The molecule has 0 saturated heterocycles. The van der Waals surface area contributed by atoms with Gasteiger partial charge in [-0.15, -0.1) is 5.10 Å². The summed E-state index contributed by atoms with van der Waals surface area (Å²) in [5, 5.41) is 14.4. The average molecular weight is 370 g/mol. The lowest BCUT2D eigenvalue weighted by Crippen LogP contribution is -2.03. The van der Waals surface area contributed by atoms with Gasteiger partial charge in [0.05, 0.1) is 11.9 Å². The molecule has 0 unspecified atom stereocenters. The SMILES string of the molecule is Cc1cc(C)cc(Nc2nncc(Nc3ccccc3Br)n2)c1. The summed E-state index contributed by atoms with van der Waals surface area (Å²) in [6.45, 7) is 4.12. The zero-order chi connectivity index (χ0) is 16.2. The molecule has 0 amide bonds. The number of halogens is 1. The van der Waals surface area contributed by atoms with Crippen LogP contribution in [0.5, 0.6) is 0 Å². The topological polar surface area (TPSA) is 62.7 Å². The van der Waals surface area contributed by atoms with Gasteiger partial charge >= 0.3 is 0 Å². The molecule has 0 saturated carbocycles. The van der Waals surface area contributed by atoms with Gasteiger partial charge in [-0.3, -0.25) is 0 Å². The van der Waals surface area contributed by atoms with Gasteiger partial charge in [0.2, 0.25) is 5.95 Å². The Morgan fingerprint density at radius 3 is 2.43 bits per heavy atom. The van der Waals surface area contributed by atoms with Crippen molar-refractivity contribution in [3.05, 3.63) is 64.3 Å². The van der Waals surface area contributed by atoms with Crippen molar-refractivity contribution in [2.24, 2.45) is 0 Å². The average Bonchev–Trinajstić information content (AvgIpc) is 2.49. The largest absolute Gasteiger partial charge is 0.338 e. The number of anilines is 4. The molecule has 6 heteroatoms. The Balaban J connectivity index is 1.81. The minimum atomic E-state index is 0.451. The molecule has 23 heavy (non-hydrogen) atoms. The molecule has 5 nitrogen and oxygen atoms in total. The van der Waals surface area contributed by atoms with Crippen molar-refractivity contribution in [3.8, 4) is 0 Å². The van der Waals surface area contributed by atoms with E-state index in [1.165, 1.54) is 11.1 Å². The van der Waals surface area contributed by atoms with Gasteiger partial charge in [-0.25, -0.2) is 0 Å². The second-order valence-corrected chi connectivity index (χ2v) is 6.13. The maximum absolute atomic E-state index is 4.45. The van der Waals surface area contributed by atoms with Gasteiger partial charge in [0.1, 0.15) is 0 Å². The minimum absolute atomic E-state index is 0.451. The van der Waals surface area contributed by atoms with Crippen molar-refractivity contribution in [3.63, 3.8) is 0 Å². The van der Waals surface area contributed by atoms with Crippen LogP contribution in [-0.2, 0) is 0 Å². The maximum Gasteiger partial charge on any atom is 0.249 e. The van der Waals surface area contributed by atoms with Gasteiger partial charge in [0.15, 0.2) is 5.82 Å². The number of aromatic nitrogens is 3. The molecule has 0 bridgehead atoms. The number of aryl methyl sites for hydroxylation is 2. The fourth-order valence-electron chi connectivity index (χ4n) is 2.29. The van der Waals surface area contributed by atoms with Crippen LogP contribution in [0, 0.1) is 13.8 Å². The summed E-state index contributed by atoms with van der Waals surface area (Å²) in [5.41, 5.74) is 4.23. The second-order valence-electron chi connectivity index (χ2n) is 5.27. The summed E-state index contributed by atoms with van der Waals surface area (Å²) in [5.74, 6) is 1.07. The molecule has 0 aliphatic heterocycles. The summed E-state index contributed by atoms with van der Waals surface area (Å²) in [6, 6.07) is 14.1. The molecule has 0 aliphatic rings. The smallest absolute Gasteiger partial charge is 0.249 e. The molecule has 3 aromatic rings. The van der Waals surface area contributed by atoms with Crippen molar-refractivity contribution >= 4 is 39.1 Å². The maximum atomic E-state index is 4.45. The van der Waals surface area contributed by atoms with Crippen LogP contribution in [-0.4, -0.2) is 15.2 Å². The molecule has 2 N–H and O–H groups in total. The highest BCUT2D eigenvalue weighted by atomic mass is 79.9. The van der Waals surface area contributed by atoms with E-state index in [1.807, 2.05) is 36.4 Å². The Labute approximate surface area is 143 Å². The number of nitrogens with zero attached hydrogens (tertiary/aromatic N) is 3. The Morgan fingerprint density at radius 1 is 0.957 bits per heavy atom. The fraction of sp³-hybridized carbons (Fsp3) is 0.118. The van der Waals surface area contributed by atoms with E-state index in [1.54, 1.807) is 6.20 Å². The van der Waals surface area contributed by atoms with Crippen LogP contribution in [0.2, 0.25) is 0 Å². The number of para-hydroxylation sites is 1. The number of benzene rings is 2. The van der Waals surface area contributed by atoms with E-state index in [2.05, 4.69) is 61.7 Å². The highest BCUT2D eigenvalue weighted by Crippen LogP contribution is 2.24. The van der Waals surface area contributed by atoms with Gasteiger partial charge in [-0.1, -0.05) is 18.2 Å². The van der Waals surface area contributed by atoms with Gasteiger partial charge < -0.3 is 10.6 Å². The first kappa shape index (κ1) is 15.4. The third-order valence-corrected chi connectivity index (χ3v) is 3.86. The van der Waals surface area contributed by atoms with Crippen LogP contribution >= 0.6 is 15.9 Å². The quantitative estimate of drug-likeness (QED) is 0.695. The first-order chi connectivity index (χ1) is 11.1. The second kappa shape index (κ2) is 6.75. The molecule has 3 rings (SSSR count). The standard InChI is InChI=1S/C17H16BrN5/c1-11-7-12(2)9-13(8-11)20-17-22-16(10-19-23-17)21-15-6-4-3-5-14(15)18/h3-10H,1-2H3,(H2,20,21,22,23). The van der Waals surface area contributed by atoms with Crippen LogP contribution in [0.1, 0.15) is 11.1 Å². The minimum Gasteiger partial charge on any atom is -0.338 e. The van der Waals surface area contributed by atoms with Gasteiger partial charge in [-0.05, 0) is 65.2 Å². The van der Waals surface area contributed by atoms with Gasteiger partial charge in [0.25, 0.3) is 0 Å². The third kappa shape index (κ3) is 4.04. The van der Waals surface area contributed by atoms with E-state index in [9.17, 15) is 0 Å². The molecule has 0 radical (unpaired) electrons. The molecule has 0 aliphatic carbocycles. The highest BCUT2D eigenvalue weighted by Gasteiger charge is 2.04. The Morgan fingerprint density at radius 2 is 1.70 bits per heavy atom. The van der Waals surface area contributed by atoms with Crippen molar-refractivity contribution < 1.29 is 0 Å². The van der Waals surface area contributed by atoms with Crippen LogP contribution in [0.4, 0.5) is 23.1 Å². The Hall–Kier alpha value is -2.47. The van der Waals surface area contributed by atoms with Crippen molar-refractivity contribution in [1.82, 2.24) is 15.2 Å². The van der Waals surface area contributed by atoms with Crippen LogP contribution in [0.3, 0.4) is 0 Å². The number of rotatable bonds is 4. The molecule has 1 aromatic heterocycles. The van der Waals surface area contributed by atoms with E-state index in [0.717, 1.165) is 15.8 Å². The number of hydrogen-bond acceptors (Lipinski definition) is 5. The first-order valence-electron chi connectivity index (χ1n) is 7.17. The van der Waals surface area contributed by atoms with Crippen LogP contribution in [0.15, 0.2) is 53.1 Å². The summed E-state index contributed by atoms with van der Waals surface area (Å²) < 4.78 is 0.961. The van der Waals surface area contributed by atoms with Crippen molar-refractivity contribution in [1.29, 1.82) is 0 Å². The predicted octanol–water partition coefficient (Wildman–Crippen LogP) is 4.74. The van der Waals surface area contributed by atoms with Crippen LogP contribution in [0.25, 0.3) is 0 Å². The molecule has 2 aromatic carbocycles. The Kier molecular flexibility index (Phi) is 4.52. The van der Waals surface area contributed by atoms with Crippen molar-refractivity contribution in [2.45, 2.75) is 13.8 Å². The van der Waals surface area contributed by atoms with E-state index >= 15 is 0 Å². The van der Waals surface area contributed by atoms with E-state index in [-0.39, 0.29) is 0 Å². The van der Waals surface area contributed by atoms with Crippen molar-refractivity contribution in [2.75, 3.05) is 10.6 Å². The molecule has 1 heterocycles. The zero-order valence-corrected chi connectivity index (χ0v) is 14.4. The van der Waals surface area contributed by atoms with Gasteiger partial charge in [-0.2, -0.15) is 10.1 Å². The third-order valence-electron chi connectivity index (χ3n) is 3.17. The molecule has 0 fully saturated rings. The molecule has 0 spiro atoms. The van der Waals surface area contributed by atoms with Crippen LogP contribution < -0.4 is 10.6 Å².